The number of rotatable bonds is 20. The first-order valence-corrected chi connectivity index (χ1v) is 40.2. The van der Waals surface area contributed by atoms with Crippen LogP contribution in [0.15, 0.2) is 331 Å². The van der Waals surface area contributed by atoms with Crippen LogP contribution in [0, 0.1) is 6.92 Å². The Kier molecular flexibility index (Phi) is 20.5. The number of benzene rings is 13. The minimum atomic E-state index is -4.92. The standard InChI is InChI=1S/C81H54N14O18S4/c1-45-18-27-54(82-80(100)84-76-59-14-6-2-10-55(59)68(114(102,103)104)41-64(76)90-86-50-28-19-46(20-29-50)48-23-32-52(33-24-48)88-92-66-43-70(116(108,109)110)57-12-4-8-16-61(57)78(66)94-72(96)36-37-73(94)97)40-63(45)83-81(101)85-77-60-15-7-3-11-56(60)69(115(105,106)107)42-65(77)91-87-51-30-21-47(22-31-51)49-25-34-53(35-26-49)89-93-67-44-71(117(111,112)113)58-13-5-9-17-62(58)79(67)95-74(98)38-39-75(95)99/h2-44H,1H3,(H2,82,84,100)(H2,83,85,101)(H,102,103,104)(H,105,106,107)(H,108,109,110)(H,111,112,113). The van der Waals surface area contributed by atoms with Crippen molar-refractivity contribution in [1.82, 2.24) is 0 Å². The van der Waals surface area contributed by atoms with Gasteiger partial charge in [-0.1, -0.05) is 152 Å². The maximum Gasteiger partial charge on any atom is 0.295 e. The lowest BCUT2D eigenvalue weighted by Gasteiger charge is -2.19. The molecule has 580 valence electrons. The van der Waals surface area contributed by atoms with Crippen LogP contribution in [0.1, 0.15) is 5.56 Å². The molecule has 0 aliphatic carbocycles. The average Bonchev–Trinajstić information content (AvgIpc) is 1.74. The number of aliphatic hydroxyl groups is 2. The van der Waals surface area contributed by atoms with E-state index in [-0.39, 0.29) is 123 Å². The Morgan fingerprint density at radius 2 is 0.547 bits per heavy atom. The largest absolute Gasteiger partial charge is 0.480 e. The zero-order chi connectivity index (χ0) is 82.4. The van der Waals surface area contributed by atoms with Gasteiger partial charge in [-0.3, -0.25) is 37.4 Å². The fraction of sp³-hybridized carbons (Fsp3) is 0.0123. The Morgan fingerprint density at radius 1 is 0.291 bits per heavy atom. The highest BCUT2D eigenvalue weighted by molar-refractivity contribution is 7.87. The van der Waals surface area contributed by atoms with Crippen LogP contribution in [0.25, 0.3) is 65.3 Å². The summed E-state index contributed by atoms with van der Waals surface area (Å²) in [6.45, 7) is 1.66. The Morgan fingerprint density at radius 3 is 0.855 bits per heavy atom. The van der Waals surface area contributed by atoms with Gasteiger partial charge in [-0.2, -0.15) is 64.1 Å². The molecule has 0 radical (unpaired) electrons. The molecule has 0 atom stereocenters. The van der Waals surface area contributed by atoms with Crippen molar-refractivity contribution in [2.45, 2.75) is 26.5 Å². The molecule has 2 aliphatic heterocycles. The number of nitrogens with one attached hydrogen (secondary N) is 2. The number of carbonyl (C=O) groups excluding carboxylic acids is 4. The number of aliphatic imine (C=N–C) groups is 2. The molecule has 0 spiro atoms. The number of hydrogen-bond donors (Lipinski definition) is 8. The molecule has 4 amide bonds. The van der Waals surface area contributed by atoms with E-state index in [1.165, 1.54) is 84.9 Å². The predicted molar refractivity (Wildman–Crippen MR) is 437 cm³/mol. The minimum Gasteiger partial charge on any atom is -0.480 e. The van der Waals surface area contributed by atoms with Gasteiger partial charge in [-0.05, 0) is 120 Å². The summed E-state index contributed by atoms with van der Waals surface area (Å²) in [6, 6.07) is 57.6. The number of amidine groups is 2. The van der Waals surface area contributed by atoms with E-state index in [4.69, 9.17) is 0 Å². The Hall–Kier alpha value is -14.8. The summed E-state index contributed by atoms with van der Waals surface area (Å²) in [5.74, 6) is -2.80. The fourth-order valence-corrected chi connectivity index (χ4v) is 15.9. The highest BCUT2D eigenvalue weighted by atomic mass is 32.2. The summed E-state index contributed by atoms with van der Waals surface area (Å²) in [5, 5.41) is 64.2. The topological polar surface area (TPSA) is 480 Å². The summed E-state index contributed by atoms with van der Waals surface area (Å²) < 4.78 is 143. The predicted octanol–water partition coefficient (Wildman–Crippen LogP) is 18.8. The van der Waals surface area contributed by atoms with Crippen molar-refractivity contribution in [3.8, 4) is 22.3 Å². The molecule has 0 bridgehead atoms. The minimum absolute atomic E-state index is 0.00402. The number of aliphatic hydroxyl groups excluding tert-OH is 2. The molecule has 32 nitrogen and oxygen atoms in total. The molecule has 117 heavy (non-hydrogen) atoms. The van der Waals surface area contributed by atoms with Crippen LogP contribution >= 0.6 is 0 Å². The number of nitrogens with zero attached hydrogens (tertiary/aromatic N) is 12. The van der Waals surface area contributed by atoms with E-state index in [9.17, 15) is 81.3 Å². The molecule has 0 unspecified atom stereocenters. The number of carbonyl (C=O) groups is 4. The molecule has 15 rings (SSSR count). The summed E-state index contributed by atoms with van der Waals surface area (Å²) >= 11 is 0. The Labute approximate surface area is 662 Å². The molecule has 0 fully saturated rings. The van der Waals surface area contributed by atoms with Crippen LogP contribution in [-0.4, -0.2) is 97.8 Å². The third-order valence-corrected chi connectivity index (χ3v) is 22.0. The zero-order valence-electron chi connectivity index (χ0n) is 59.9. The van der Waals surface area contributed by atoms with Crippen LogP contribution in [0.3, 0.4) is 0 Å². The smallest absolute Gasteiger partial charge is 0.295 e. The number of hydrogen-bond acceptors (Lipinski definition) is 22. The highest BCUT2D eigenvalue weighted by Gasteiger charge is 2.34. The van der Waals surface area contributed by atoms with Crippen molar-refractivity contribution in [3.05, 3.63) is 266 Å². The molecule has 0 saturated carbocycles. The van der Waals surface area contributed by atoms with E-state index in [0.717, 1.165) is 58.4 Å². The Balaban J connectivity index is 0.662. The van der Waals surface area contributed by atoms with Gasteiger partial charge in [-0.25, -0.2) is 9.80 Å². The van der Waals surface area contributed by atoms with Gasteiger partial charge in [0.2, 0.25) is 0 Å². The first-order chi connectivity index (χ1) is 55.9. The number of amides is 4. The first-order valence-electron chi connectivity index (χ1n) is 34.4. The lowest BCUT2D eigenvalue weighted by Crippen LogP contribution is -2.30. The molecule has 13 aromatic carbocycles. The lowest BCUT2D eigenvalue weighted by molar-refractivity contribution is -0.121. The Bertz CT molecular complexity index is 7150. The molecule has 0 aromatic heterocycles. The average molecular weight is 1640 g/mol. The van der Waals surface area contributed by atoms with E-state index in [1.54, 1.807) is 134 Å². The summed E-state index contributed by atoms with van der Waals surface area (Å²) in [5.41, 5.74) is 3.55. The SMILES string of the molecule is Cc1ccc(N=C(O)Nc2c(N=Nc3ccc(-c4ccc(N=Nc5cc(S(=O)(=O)O)c6ccccc6c5N5C(=O)C=CC5=O)cc4)cc3)cc(S(=O)(=O)O)c3ccccc23)cc1N=C(O)Nc1c(N=Nc2ccc(-c3ccc(N=Nc4cc(S(=O)(=O)O)c5ccccc5c4N4C(=O)C=CC4=O)cc3)cc2)cc(S(=O)(=O)O)c2ccccc12. The summed E-state index contributed by atoms with van der Waals surface area (Å²) in [6.07, 6.45) is 4.23. The van der Waals surface area contributed by atoms with Gasteiger partial charge in [0.1, 0.15) is 42.3 Å². The van der Waals surface area contributed by atoms with Crippen molar-refractivity contribution < 1.29 is 81.3 Å². The summed E-state index contributed by atoms with van der Waals surface area (Å²) in [4.78, 5) is 60.0. The molecule has 0 saturated heterocycles. The van der Waals surface area contributed by atoms with Crippen molar-refractivity contribution >= 4 is 199 Å². The highest BCUT2D eigenvalue weighted by Crippen LogP contribution is 2.47. The number of imide groups is 2. The second-order valence-electron chi connectivity index (χ2n) is 25.9. The van der Waals surface area contributed by atoms with E-state index in [2.05, 4.69) is 61.5 Å². The van der Waals surface area contributed by atoms with Crippen LogP contribution in [0.5, 0.6) is 0 Å². The van der Waals surface area contributed by atoms with Gasteiger partial charge in [-0.15, -0.1) is 20.5 Å². The third kappa shape index (κ3) is 16.2. The lowest BCUT2D eigenvalue weighted by atomic mass is 10.1. The van der Waals surface area contributed by atoms with Gasteiger partial charge < -0.3 is 20.8 Å². The zero-order valence-corrected chi connectivity index (χ0v) is 63.2. The number of azo groups is 4. The van der Waals surface area contributed by atoms with E-state index in [1.807, 2.05) is 0 Å². The summed E-state index contributed by atoms with van der Waals surface area (Å²) in [7, 11) is -19.5. The van der Waals surface area contributed by atoms with Crippen molar-refractivity contribution in [2.75, 3.05) is 20.4 Å². The quantitative estimate of drug-likeness (QED) is 0.0115. The number of fused-ring (bicyclic) bond motifs is 4. The monoisotopic (exact) mass is 1640 g/mol. The van der Waals surface area contributed by atoms with Gasteiger partial charge in [0.25, 0.3) is 76.1 Å². The van der Waals surface area contributed by atoms with Crippen molar-refractivity contribution in [3.63, 3.8) is 0 Å². The van der Waals surface area contributed by atoms with Crippen LogP contribution in [0.2, 0.25) is 0 Å². The molecular weight excluding hydrogens is 1590 g/mol. The normalized spacial score (nSPS) is 14.0. The first kappa shape index (κ1) is 77.6. The number of anilines is 4. The molecule has 8 N–H and O–H groups in total. The van der Waals surface area contributed by atoms with Crippen LogP contribution in [0.4, 0.5) is 79.6 Å². The molecular formula is C81H54N14O18S4. The fourth-order valence-electron chi connectivity index (χ4n) is 13.1. The maximum absolute atomic E-state index is 13.0. The van der Waals surface area contributed by atoms with Crippen LogP contribution < -0.4 is 20.4 Å². The van der Waals surface area contributed by atoms with Crippen molar-refractivity contribution in [2.24, 2.45) is 50.9 Å². The maximum atomic E-state index is 13.0. The van der Waals surface area contributed by atoms with Gasteiger partial charge in [0.05, 0.1) is 56.9 Å². The second-order valence-corrected chi connectivity index (χ2v) is 31.4. The van der Waals surface area contributed by atoms with Crippen molar-refractivity contribution in [1.29, 1.82) is 0 Å². The second kappa shape index (κ2) is 31.0. The van der Waals surface area contributed by atoms with Gasteiger partial charge in [0.15, 0.2) is 0 Å². The van der Waals surface area contributed by atoms with E-state index in [0.29, 0.717) is 27.8 Å². The van der Waals surface area contributed by atoms with E-state index < -0.39 is 95.7 Å². The molecule has 13 aromatic rings. The van der Waals surface area contributed by atoms with Crippen LogP contribution in [-0.2, 0) is 59.7 Å². The molecule has 2 aliphatic rings. The number of aryl methyl sites for hydroxylation is 1. The van der Waals surface area contributed by atoms with Gasteiger partial charge in [0, 0.05) is 67.4 Å². The molecule has 2 heterocycles. The van der Waals surface area contributed by atoms with Gasteiger partial charge >= 0.3 is 0 Å². The third-order valence-electron chi connectivity index (χ3n) is 18.4. The molecule has 36 heteroatoms. The van der Waals surface area contributed by atoms with E-state index >= 15 is 0 Å².